The van der Waals surface area contributed by atoms with Gasteiger partial charge in [-0.05, 0) is 66.2 Å². The number of nitrogens with one attached hydrogen (secondary N) is 2. The van der Waals surface area contributed by atoms with Gasteiger partial charge in [0.25, 0.3) is 11.8 Å². The van der Waals surface area contributed by atoms with Crippen molar-refractivity contribution in [3.05, 3.63) is 64.1 Å². The lowest BCUT2D eigenvalue weighted by Crippen LogP contribution is -2.41. The molecule has 0 saturated heterocycles. The van der Waals surface area contributed by atoms with Crippen LogP contribution in [0.5, 0.6) is 5.75 Å². The molecule has 0 aliphatic heterocycles. The van der Waals surface area contributed by atoms with E-state index in [1.54, 1.807) is 48.5 Å². The van der Waals surface area contributed by atoms with E-state index >= 15 is 0 Å². The molecule has 0 unspecified atom stereocenters. The molecule has 5 nitrogen and oxygen atoms in total. The monoisotopic (exact) mass is 376 g/mol. The van der Waals surface area contributed by atoms with Gasteiger partial charge in [0.1, 0.15) is 5.75 Å². The van der Waals surface area contributed by atoms with Gasteiger partial charge in [-0.2, -0.15) is 0 Å². The number of hydrogen-bond donors (Lipinski definition) is 2. The SMILES string of the molecule is CC(C)Oc1ccc(C(=O)NNC(=O)c2ccccc2Br)cc1. The van der Waals surface area contributed by atoms with E-state index < -0.39 is 11.8 Å². The van der Waals surface area contributed by atoms with E-state index in [1.807, 2.05) is 13.8 Å². The maximum Gasteiger partial charge on any atom is 0.270 e. The van der Waals surface area contributed by atoms with Gasteiger partial charge in [-0.15, -0.1) is 0 Å². The van der Waals surface area contributed by atoms with Crippen LogP contribution in [-0.4, -0.2) is 17.9 Å². The highest BCUT2D eigenvalue weighted by atomic mass is 79.9. The highest BCUT2D eigenvalue weighted by molar-refractivity contribution is 9.10. The maximum absolute atomic E-state index is 12.0. The normalized spacial score (nSPS) is 10.3. The van der Waals surface area contributed by atoms with Gasteiger partial charge in [-0.3, -0.25) is 20.4 Å². The molecule has 0 heterocycles. The summed E-state index contributed by atoms with van der Waals surface area (Å²) >= 11 is 3.29. The largest absolute Gasteiger partial charge is 0.491 e. The van der Waals surface area contributed by atoms with Gasteiger partial charge in [0.2, 0.25) is 0 Å². The average Bonchev–Trinajstić information content (AvgIpc) is 2.53. The molecule has 0 aromatic heterocycles. The molecule has 0 spiro atoms. The minimum atomic E-state index is -0.401. The molecule has 0 radical (unpaired) electrons. The second-order valence-corrected chi connectivity index (χ2v) is 5.93. The lowest BCUT2D eigenvalue weighted by molar-refractivity contribution is 0.0846. The fourth-order valence-electron chi connectivity index (χ4n) is 1.86. The van der Waals surface area contributed by atoms with Crippen molar-refractivity contribution in [2.75, 3.05) is 0 Å². The van der Waals surface area contributed by atoms with E-state index in [-0.39, 0.29) is 6.10 Å². The summed E-state index contributed by atoms with van der Waals surface area (Å²) in [4.78, 5) is 24.0. The van der Waals surface area contributed by atoms with Crippen molar-refractivity contribution in [2.24, 2.45) is 0 Å². The Morgan fingerprint density at radius 2 is 1.57 bits per heavy atom. The van der Waals surface area contributed by atoms with Crippen LogP contribution in [0.1, 0.15) is 34.6 Å². The molecule has 6 heteroatoms. The summed E-state index contributed by atoms with van der Waals surface area (Å²) in [7, 11) is 0. The lowest BCUT2D eigenvalue weighted by atomic mass is 10.2. The zero-order valence-electron chi connectivity index (χ0n) is 12.8. The number of ether oxygens (including phenoxy) is 1. The van der Waals surface area contributed by atoms with Crippen molar-refractivity contribution in [3.63, 3.8) is 0 Å². The Morgan fingerprint density at radius 1 is 0.957 bits per heavy atom. The molecule has 120 valence electrons. The van der Waals surface area contributed by atoms with Crippen LogP contribution >= 0.6 is 15.9 Å². The molecule has 0 aliphatic rings. The van der Waals surface area contributed by atoms with Gasteiger partial charge >= 0.3 is 0 Å². The first-order chi connectivity index (χ1) is 11.0. The van der Waals surface area contributed by atoms with Gasteiger partial charge < -0.3 is 4.74 Å². The predicted molar refractivity (Wildman–Crippen MR) is 91.3 cm³/mol. The van der Waals surface area contributed by atoms with E-state index in [1.165, 1.54) is 0 Å². The van der Waals surface area contributed by atoms with Crippen LogP contribution in [0.4, 0.5) is 0 Å². The van der Waals surface area contributed by atoms with Crippen molar-refractivity contribution >= 4 is 27.7 Å². The summed E-state index contributed by atoms with van der Waals surface area (Å²) < 4.78 is 6.17. The standard InChI is InChI=1S/C17H17BrN2O3/c1-11(2)23-13-9-7-12(8-10-13)16(21)19-20-17(22)14-5-3-4-6-15(14)18/h3-11H,1-2H3,(H,19,21)(H,20,22). The Kier molecular flexibility index (Phi) is 5.76. The Bertz CT molecular complexity index is 699. The Labute approximate surface area is 143 Å². The summed E-state index contributed by atoms with van der Waals surface area (Å²) in [5, 5.41) is 0. The van der Waals surface area contributed by atoms with Crippen molar-refractivity contribution in [1.29, 1.82) is 0 Å². The number of benzene rings is 2. The summed E-state index contributed by atoms with van der Waals surface area (Å²) in [5.74, 6) is -0.110. The number of rotatable bonds is 4. The molecular weight excluding hydrogens is 360 g/mol. The molecule has 2 rings (SSSR count). The van der Waals surface area contributed by atoms with Crippen LogP contribution in [0.2, 0.25) is 0 Å². The number of hydrazine groups is 1. The molecule has 0 bridgehead atoms. The van der Waals surface area contributed by atoms with Crippen molar-refractivity contribution in [2.45, 2.75) is 20.0 Å². The van der Waals surface area contributed by atoms with E-state index in [2.05, 4.69) is 26.8 Å². The second-order valence-electron chi connectivity index (χ2n) is 5.08. The maximum atomic E-state index is 12.0. The van der Waals surface area contributed by atoms with Crippen LogP contribution in [-0.2, 0) is 0 Å². The van der Waals surface area contributed by atoms with Gasteiger partial charge in [-0.1, -0.05) is 12.1 Å². The predicted octanol–water partition coefficient (Wildman–Crippen LogP) is 3.31. The zero-order chi connectivity index (χ0) is 16.8. The second kappa shape index (κ2) is 7.78. The minimum absolute atomic E-state index is 0.0679. The zero-order valence-corrected chi connectivity index (χ0v) is 14.4. The van der Waals surface area contributed by atoms with Gasteiger partial charge in [0.05, 0.1) is 11.7 Å². The highest BCUT2D eigenvalue weighted by Gasteiger charge is 2.11. The molecule has 2 aromatic rings. The first kappa shape index (κ1) is 17.0. The minimum Gasteiger partial charge on any atom is -0.491 e. The Morgan fingerprint density at radius 3 is 2.17 bits per heavy atom. The number of hydrogen-bond acceptors (Lipinski definition) is 3. The molecular formula is C17H17BrN2O3. The molecule has 0 saturated carbocycles. The molecule has 2 aromatic carbocycles. The van der Waals surface area contributed by atoms with Gasteiger partial charge in [0.15, 0.2) is 0 Å². The van der Waals surface area contributed by atoms with E-state index in [0.29, 0.717) is 21.3 Å². The molecule has 0 atom stereocenters. The van der Waals surface area contributed by atoms with Crippen LogP contribution in [0.25, 0.3) is 0 Å². The summed E-state index contributed by atoms with van der Waals surface area (Å²) in [5.41, 5.74) is 5.63. The fraction of sp³-hybridized carbons (Fsp3) is 0.176. The Balaban J connectivity index is 1.94. The molecule has 2 amide bonds. The number of halogens is 1. The number of carbonyl (C=O) groups excluding carboxylic acids is 2. The van der Waals surface area contributed by atoms with Crippen molar-refractivity contribution in [3.8, 4) is 5.75 Å². The first-order valence-electron chi connectivity index (χ1n) is 7.09. The smallest absolute Gasteiger partial charge is 0.270 e. The summed E-state index contributed by atoms with van der Waals surface area (Å²) in [6.45, 7) is 3.86. The Hall–Kier alpha value is -2.34. The summed E-state index contributed by atoms with van der Waals surface area (Å²) in [6, 6.07) is 13.7. The highest BCUT2D eigenvalue weighted by Crippen LogP contribution is 2.15. The average molecular weight is 377 g/mol. The van der Waals surface area contributed by atoms with E-state index in [0.717, 1.165) is 0 Å². The molecule has 23 heavy (non-hydrogen) atoms. The van der Waals surface area contributed by atoms with Gasteiger partial charge in [0, 0.05) is 10.0 Å². The molecule has 0 fully saturated rings. The lowest BCUT2D eigenvalue weighted by Gasteiger charge is -2.11. The molecule has 0 aliphatic carbocycles. The van der Waals surface area contributed by atoms with Crippen molar-refractivity contribution in [1.82, 2.24) is 10.9 Å². The third kappa shape index (κ3) is 4.82. The molecule has 2 N–H and O–H groups in total. The number of carbonyl (C=O) groups is 2. The third-order valence-corrected chi connectivity index (χ3v) is 3.59. The summed E-state index contributed by atoms with van der Waals surface area (Å²) in [6.07, 6.45) is 0.0679. The van der Waals surface area contributed by atoms with Gasteiger partial charge in [-0.25, -0.2) is 0 Å². The van der Waals surface area contributed by atoms with Crippen LogP contribution in [0, 0.1) is 0 Å². The first-order valence-corrected chi connectivity index (χ1v) is 7.88. The van der Waals surface area contributed by atoms with Crippen LogP contribution in [0.15, 0.2) is 53.0 Å². The van der Waals surface area contributed by atoms with Crippen LogP contribution < -0.4 is 15.6 Å². The number of amides is 2. The topological polar surface area (TPSA) is 67.4 Å². The van der Waals surface area contributed by atoms with Crippen LogP contribution in [0.3, 0.4) is 0 Å². The van der Waals surface area contributed by atoms with E-state index in [4.69, 9.17) is 4.74 Å². The van der Waals surface area contributed by atoms with E-state index in [9.17, 15) is 9.59 Å². The van der Waals surface area contributed by atoms with Crippen molar-refractivity contribution < 1.29 is 14.3 Å². The quantitative estimate of drug-likeness (QED) is 0.804. The third-order valence-electron chi connectivity index (χ3n) is 2.90. The fourth-order valence-corrected chi connectivity index (χ4v) is 2.32.